The van der Waals surface area contributed by atoms with Crippen LogP contribution in [0, 0.1) is 11.7 Å². The van der Waals surface area contributed by atoms with Gasteiger partial charge in [-0.15, -0.1) is 0 Å². The first kappa shape index (κ1) is 19.6. The van der Waals surface area contributed by atoms with Crippen LogP contribution < -0.4 is 4.90 Å². The van der Waals surface area contributed by atoms with Crippen molar-refractivity contribution < 1.29 is 22.4 Å². The maximum Gasteiger partial charge on any atom is 0.228 e. The first-order chi connectivity index (χ1) is 13.9. The molecule has 0 spiro atoms. The summed E-state index contributed by atoms with van der Waals surface area (Å²) in [5.41, 5.74) is 0.427. The van der Waals surface area contributed by atoms with Gasteiger partial charge in [0.15, 0.2) is 9.84 Å². The minimum Gasteiger partial charge on any atom is -0.341 e. The van der Waals surface area contributed by atoms with Gasteiger partial charge in [-0.3, -0.25) is 9.59 Å². The molecule has 2 aliphatic heterocycles. The van der Waals surface area contributed by atoms with Crippen molar-refractivity contribution in [1.82, 2.24) is 4.90 Å². The molecule has 2 aromatic carbocycles. The lowest BCUT2D eigenvalue weighted by molar-refractivity contribution is -0.134. The van der Waals surface area contributed by atoms with Gasteiger partial charge in [-0.2, -0.15) is 0 Å². The molecule has 2 heterocycles. The fraction of sp³-hybridized carbons (Fsp3) is 0.333. The van der Waals surface area contributed by atoms with Gasteiger partial charge in [-0.1, -0.05) is 24.3 Å². The molecule has 0 saturated carbocycles. The molecule has 4 rings (SSSR count). The van der Waals surface area contributed by atoms with Crippen LogP contribution in [0.25, 0.3) is 0 Å². The van der Waals surface area contributed by atoms with Crippen LogP contribution in [-0.2, 0) is 19.4 Å². The summed E-state index contributed by atoms with van der Waals surface area (Å²) < 4.78 is 39.1. The quantitative estimate of drug-likeness (QED) is 0.766. The standard InChI is InChI=1S/C21H21FN2O4S/c22-16-5-4-6-17(12-16)24-13-15(11-20(24)25)21(26)23-10-9-19(14-23)29(27,28)18-7-2-1-3-8-18/h1-8,12,15,19H,9-11,13-14H2. The lowest BCUT2D eigenvalue weighted by atomic mass is 10.1. The van der Waals surface area contributed by atoms with Crippen molar-refractivity contribution >= 4 is 27.3 Å². The molecule has 2 saturated heterocycles. The highest BCUT2D eigenvalue weighted by Crippen LogP contribution is 2.29. The topological polar surface area (TPSA) is 74.8 Å². The molecule has 0 N–H and O–H groups in total. The van der Waals surface area contributed by atoms with E-state index >= 15 is 0 Å². The fourth-order valence-corrected chi connectivity index (χ4v) is 5.72. The largest absolute Gasteiger partial charge is 0.341 e. The predicted molar refractivity (Wildman–Crippen MR) is 105 cm³/mol. The Kier molecular flexibility index (Phi) is 5.12. The number of benzene rings is 2. The number of rotatable bonds is 4. The Morgan fingerprint density at radius 2 is 1.79 bits per heavy atom. The second kappa shape index (κ2) is 7.59. The van der Waals surface area contributed by atoms with E-state index in [0.29, 0.717) is 18.7 Å². The predicted octanol–water partition coefficient (Wildman–Crippen LogP) is 2.25. The zero-order valence-electron chi connectivity index (χ0n) is 15.7. The van der Waals surface area contributed by atoms with Crippen LogP contribution in [0.1, 0.15) is 12.8 Å². The summed E-state index contributed by atoms with van der Waals surface area (Å²) in [5.74, 6) is -1.45. The normalized spacial score (nSPS) is 22.3. The number of halogens is 1. The molecule has 6 nitrogen and oxygen atoms in total. The lowest BCUT2D eigenvalue weighted by Crippen LogP contribution is -2.37. The SMILES string of the molecule is O=C(C1CC(=O)N(c2cccc(F)c2)C1)N1CCC(S(=O)(=O)c2ccccc2)C1. The number of sulfone groups is 1. The van der Waals surface area contributed by atoms with Gasteiger partial charge < -0.3 is 9.80 Å². The number of carbonyl (C=O) groups excluding carboxylic acids is 2. The Balaban J connectivity index is 1.44. The number of amides is 2. The van der Waals surface area contributed by atoms with Crippen molar-refractivity contribution in [3.8, 4) is 0 Å². The van der Waals surface area contributed by atoms with Crippen molar-refractivity contribution in [1.29, 1.82) is 0 Å². The van der Waals surface area contributed by atoms with Crippen molar-refractivity contribution in [2.45, 2.75) is 23.0 Å². The third kappa shape index (κ3) is 3.76. The van der Waals surface area contributed by atoms with Gasteiger partial charge in [-0.05, 0) is 36.8 Å². The molecule has 0 aromatic heterocycles. The summed E-state index contributed by atoms with van der Waals surface area (Å²) in [6.07, 6.45) is 0.416. The molecular formula is C21H21FN2O4S. The molecule has 2 atom stereocenters. The van der Waals surface area contributed by atoms with Crippen LogP contribution in [0.15, 0.2) is 59.5 Å². The summed E-state index contributed by atoms with van der Waals surface area (Å²) in [6, 6.07) is 13.9. The summed E-state index contributed by atoms with van der Waals surface area (Å²) in [5, 5.41) is -0.648. The number of carbonyl (C=O) groups is 2. The number of nitrogens with zero attached hydrogens (tertiary/aromatic N) is 2. The Morgan fingerprint density at radius 1 is 1.03 bits per heavy atom. The van der Waals surface area contributed by atoms with Gasteiger partial charge in [0.05, 0.1) is 16.1 Å². The van der Waals surface area contributed by atoms with Crippen LogP contribution in [0.5, 0.6) is 0 Å². The molecule has 8 heteroatoms. The van der Waals surface area contributed by atoms with Gasteiger partial charge in [0.1, 0.15) is 5.82 Å². The van der Waals surface area contributed by atoms with Gasteiger partial charge >= 0.3 is 0 Å². The van der Waals surface area contributed by atoms with Crippen molar-refractivity contribution in [3.05, 3.63) is 60.4 Å². The Labute approximate surface area is 168 Å². The highest BCUT2D eigenvalue weighted by molar-refractivity contribution is 7.92. The van der Waals surface area contributed by atoms with E-state index in [-0.39, 0.29) is 36.2 Å². The van der Waals surface area contributed by atoms with E-state index in [9.17, 15) is 22.4 Å². The average molecular weight is 416 g/mol. The summed E-state index contributed by atoms with van der Waals surface area (Å²) in [7, 11) is -3.51. The minimum absolute atomic E-state index is 0.0436. The Bertz CT molecular complexity index is 1040. The second-order valence-electron chi connectivity index (χ2n) is 7.44. The highest BCUT2D eigenvalue weighted by atomic mass is 32.2. The smallest absolute Gasteiger partial charge is 0.228 e. The Hall–Kier alpha value is -2.74. The monoisotopic (exact) mass is 416 g/mol. The number of anilines is 1. The van der Waals surface area contributed by atoms with Gasteiger partial charge in [0.2, 0.25) is 11.8 Å². The number of likely N-dealkylation sites (tertiary alicyclic amines) is 1. The van der Waals surface area contributed by atoms with Crippen LogP contribution >= 0.6 is 0 Å². The van der Waals surface area contributed by atoms with E-state index in [1.165, 1.54) is 28.0 Å². The highest BCUT2D eigenvalue weighted by Gasteiger charge is 2.41. The van der Waals surface area contributed by atoms with E-state index < -0.39 is 26.8 Å². The maximum atomic E-state index is 13.5. The third-order valence-electron chi connectivity index (χ3n) is 5.56. The van der Waals surface area contributed by atoms with Gasteiger partial charge in [-0.25, -0.2) is 12.8 Å². The number of hydrogen-bond acceptors (Lipinski definition) is 4. The molecule has 2 fully saturated rings. The van der Waals surface area contributed by atoms with Crippen LogP contribution in [-0.4, -0.2) is 50.0 Å². The van der Waals surface area contributed by atoms with E-state index in [4.69, 9.17) is 0 Å². The number of hydrogen-bond donors (Lipinski definition) is 0. The molecule has 29 heavy (non-hydrogen) atoms. The zero-order chi connectivity index (χ0) is 20.6. The van der Waals surface area contributed by atoms with Gasteiger partial charge in [0.25, 0.3) is 0 Å². The first-order valence-corrected chi connectivity index (χ1v) is 11.0. The lowest BCUT2D eigenvalue weighted by Gasteiger charge is -2.21. The molecule has 0 radical (unpaired) electrons. The van der Waals surface area contributed by atoms with Crippen LogP contribution in [0.4, 0.5) is 10.1 Å². The maximum absolute atomic E-state index is 13.5. The average Bonchev–Trinajstić information content (AvgIpc) is 3.36. The summed E-state index contributed by atoms with van der Waals surface area (Å²) in [6.45, 7) is 0.647. The van der Waals surface area contributed by atoms with Gasteiger partial charge in [0, 0.05) is 31.7 Å². The molecule has 2 amide bonds. The second-order valence-corrected chi connectivity index (χ2v) is 9.67. The molecule has 152 valence electrons. The van der Waals surface area contributed by atoms with E-state index in [2.05, 4.69) is 0 Å². The molecule has 0 aliphatic carbocycles. The minimum atomic E-state index is -3.51. The van der Waals surface area contributed by atoms with E-state index in [0.717, 1.165) is 0 Å². The molecular weight excluding hydrogens is 395 g/mol. The summed E-state index contributed by atoms with van der Waals surface area (Å²) in [4.78, 5) is 28.5. The molecule has 2 unspecified atom stereocenters. The van der Waals surface area contributed by atoms with Crippen LogP contribution in [0.3, 0.4) is 0 Å². The molecule has 2 aromatic rings. The molecule has 2 aliphatic rings. The van der Waals surface area contributed by atoms with Crippen molar-refractivity contribution in [3.63, 3.8) is 0 Å². The summed E-state index contributed by atoms with van der Waals surface area (Å²) >= 11 is 0. The van der Waals surface area contributed by atoms with Crippen LogP contribution in [0.2, 0.25) is 0 Å². The van der Waals surface area contributed by atoms with Crippen molar-refractivity contribution in [2.24, 2.45) is 5.92 Å². The Morgan fingerprint density at radius 3 is 2.52 bits per heavy atom. The molecule has 0 bridgehead atoms. The van der Waals surface area contributed by atoms with E-state index in [1.54, 1.807) is 36.4 Å². The fourth-order valence-electron chi connectivity index (χ4n) is 4.01. The zero-order valence-corrected chi connectivity index (χ0v) is 16.5. The van der Waals surface area contributed by atoms with E-state index in [1.807, 2.05) is 0 Å². The van der Waals surface area contributed by atoms with Crippen molar-refractivity contribution in [2.75, 3.05) is 24.5 Å². The third-order valence-corrected chi connectivity index (χ3v) is 7.75. The first-order valence-electron chi connectivity index (χ1n) is 9.50.